The molecular formula is C51H35N. The fraction of sp³-hybridized carbons (Fsp3) is 0.0196. The number of rotatable bonds is 5. The molecule has 52 heavy (non-hydrogen) atoms. The SMILES string of the molecule is C1=Cc2ccccc2C2(c3ccccc31)c1ccccc1-c1ccc(N(c3ccc(-c4ccccc4)cc3)c3ccc(-c4ccccc4)cc3)cc12. The lowest BCUT2D eigenvalue weighted by Gasteiger charge is -2.36. The maximum atomic E-state index is 2.46. The van der Waals surface area contributed by atoms with Crippen molar-refractivity contribution in [3.05, 3.63) is 234 Å². The molecule has 0 amide bonds. The molecule has 0 heterocycles. The van der Waals surface area contributed by atoms with E-state index in [4.69, 9.17) is 0 Å². The van der Waals surface area contributed by atoms with Crippen molar-refractivity contribution in [3.63, 3.8) is 0 Å². The smallest absolute Gasteiger partial charge is 0.0725 e. The van der Waals surface area contributed by atoms with Gasteiger partial charge in [-0.2, -0.15) is 0 Å². The normalized spacial score (nSPS) is 13.1. The van der Waals surface area contributed by atoms with Crippen LogP contribution in [0.4, 0.5) is 17.1 Å². The maximum absolute atomic E-state index is 2.46. The topological polar surface area (TPSA) is 3.24 Å². The highest BCUT2D eigenvalue weighted by molar-refractivity contribution is 5.93. The van der Waals surface area contributed by atoms with Gasteiger partial charge in [0.1, 0.15) is 0 Å². The summed E-state index contributed by atoms with van der Waals surface area (Å²) < 4.78 is 0. The average molecular weight is 662 g/mol. The molecule has 0 fully saturated rings. The molecule has 10 rings (SSSR count). The first-order chi connectivity index (χ1) is 25.8. The van der Waals surface area contributed by atoms with Crippen LogP contribution in [0.3, 0.4) is 0 Å². The fourth-order valence-electron chi connectivity index (χ4n) is 8.59. The van der Waals surface area contributed by atoms with Crippen LogP contribution in [0.25, 0.3) is 45.5 Å². The van der Waals surface area contributed by atoms with E-state index in [1.807, 2.05) is 0 Å². The first-order valence-corrected chi connectivity index (χ1v) is 18.0. The van der Waals surface area contributed by atoms with Crippen LogP contribution in [0.15, 0.2) is 200 Å². The summed E-state index contributed by atoms with van der Waals surface area (Å²) in [4.78, 5) is 2.41. The predicted octanol–water partition coefficient (Wildman–Crippen LogP) is 13.3. The molecule has 1 spiro atoms. The molecular weight excluding hydrogens is 627 g/mol. The Kier molecular flexibility index (Phi) is 7.11. The van der Waals surface area contributed by atoms with Gasteiger partial charge in [-0.1, -0.05) is 176 Å². The molecule has 0 saturated heterocycles. The molecule has 1 nitrogen and oxygen atoms in total. The minimum atomic E-state index is -0.487. The monoisotopic (exact) mass is 661 g/mol. The van der Waals surface area contributed by atoms with Gasteiger partial charge in [0.15, 0.2) is 0 Å². The number of hydrogen-bond donors (Lipinski definition) is 0. The van der Waals surface area contributed by atoms with Crippen LogP contribution in [-0.4, -0.2) is 0 Å². The molecule has 1 heteroatoms. The average Bonchev–Trinajstić information content (AvgIpc) is 3.42. The summed E-state index contributed by atoms with van der Waals surface area (Å²) in [5.41, 5.74) is 18.0. The zero-order valence-corrected chi connectivity index (χ0v) is 28.7. The third kappa shape index (κ3) is 4.71. The van der Waals surface area contributed by atoms with Gasteiger partial charge in [-0.15, -0.1) is 0 Å². The van der Waals surface area contributed by atoms with Gasteiger partial charge >= 0.3 is 0 Å². The fourth-order valence-corrected chi connectivity index (χ4v) is 8.59. The molecule has 0 N–H and O–H groups in total. The number of hydrogen-bond acceptors (Lipinski definition) is 1. The molecule has 2 aliphatic rings. The van der Waals surface area contributed by atoms with E-state index in [1.165, 1.54) is 66.8 Å². The molecule has 0 atom stereocenters. The number of anilines is 3. The molecule has 2 aliphatic carbocycles. The lowest BCUT2D eigenvalue weighted by molar-refractivity contribution is 0.766. The second-order valence-electron chi connectivity index (χ2n) is 13.7. The van der Waals surface area contributed by atoms with Crippen LogP contribution < -0.4 is 4.90 Å². The second-order valence-corrected chi connectivity index (χ2v) is 13.7. The van der Waals surface area contributed by atoms with Crippen LogP contribution in [-0.2, 0) is 5.41 Å². The summed E-state index contributed by atoms with van der Waals surface area (Å²) in [7, 11) is 0. The van der Waals surface area contributed by atoms with E-state index in [0.717, 1.165) is 17.1 Å². The minimum absolute atomic E-state index is 0.487. The molecule has 0 unspecified atom stereocenters. The Labute approximate surface area is 305 Å². The van der Waals surface area contributed by atoms with Crippen molar-refractivity contribution in [3.8, 4) is 33.4 Å². The highest BCUT2D eigenvalue weighted by Crippen LogP contribution is 2.59. The predicted molar refractivity (Wildman–Crippen MR) is 218 cm³/mol. The Morgan fingerprint density at radius 1 is 0.288 bits per heavy atom. The molecule has 8 aromatic carbocycles. The number of nitrogens with zero attached hydrogens (tertiary/aromatic N) is 1. The van der Waals surface area contributed by atoms with Crippen molar-refractivity contribution < 1.29 is 0 Å². The lowest BCUT2D eigenvalue weighted by atomic mass is 9.66. The molecule has 0 radical (unpaired) electrons. The molecule has 0 saturated carbocycles. The Morgan fingerprint density at radius 2 is 0.692 bits per heavy atom. The largest absolute Gasteiger partial charge is 0.310 e. The summed E-state index contributed by atoms with van der Waals surface area (Å²) in [5.74, 6) is 0. The van der Waals surface area contributed by atoms with Gasteiger partial charge in [-0.05, 0) is 103 Å². The first-order valence-electron chi connectivity index (χ1n) is 18.0. The van der Waals surface area contributed by atoms with Gasteiger partial charge in [0, 0.05) is 17.1 Å². The van der Waals surface area contributed by atoms with Crippen molar-refractivity contribution in [1.29, 1.82) is 0 Å². The number of benzene rings is 8. The highest BCUT2D eigenvalue weighted by atomic mass is 15.1. The van der Waals surface area contributed by atoms with E-state index in [2.05, 4.69) is 217 Å². The summed E-state index contributed by atoms with van der Waals surface area (Å²) >= 11 is 0. The van der Waals surface area contributed by atoms with Crippen LogP contribution in [0.2, 0.25) is 0 Å². The third-order valence-electron chi connectivity index (χ3n) is 10.9. The van der Waals surface area contributed by atoms with E-state index in [1.54, 1.807) is 0 Å². The lowest BCUT2D eigenvalue weighted by Crippen LogP contribution is -2.30. The van der Waals surface area contributed by atoms with E-state index in [-0.39, 0.29) is 0 Å². The van der Waals surface area contributed by atoms with Crippen LogP contribution in [0, 0.1) is 0 Å². The van der Waals surface area contributed by atoms with Gasteiger partial charge in [0.2, 0.25) is 0 Å². The van der Waals surface area contributed by atoms with E-state index >= 15 is 0 Å². The maximum Gasteiger partial charge on any atom is 0.0725 e. The van der Waals surface area contributed by atoms with Crippen molar-refractivity contribution >= 4 is 29.2 Å². The first kappa shape index (κ1) is 30.2. The van der Waals surface area contributed by atoms with Gasteiger partial charge in [-0.3, -0.25) is 0 Å². The summed E-state index contributed by atoms with van der Waals surface area (Å²) in [6, 6.07) is 73.2. The number of fused-ring (bicyclic) bond motifs is 9. The van der Waals surface area contributed by atoms with Crippen molar-refractivity contribution in [1.82, 2.24) is 0 Å². The van der Waals surface area contributed by atoms with Gasteiger partial charge < -0.3 is 4.90 Å². The van der Waals surface area contributed by atoms with Gasteiger partial charge in [0.05, 0.1) is 5.41 Å². The summed E-state index contributed by atoms with van der Waals surface area (Å²) in [5, 5.41) is 0. The Hall–Kier alpha value is -6.70. The summed E-state index contributed by atoms with van der Waals surface area (Å²) in [6.45, 7) is 0. The Balaban J connectivity index is 1.20. The molecule has 244 valence electrons. The zero-order chi connectivity index (χ0) is 34.5. The van der Waals surface area contributed by atoms with Crippen molar-refractivity contribution in [2.75, 3.05) is 4.90 Å². The standard InChI is InChI=1S/C51H35N/c1-3-13-36(14-4-1)38-25-29-42(30-26-38)52(43-31-27-39(28-32-43)37-15-5-2-6-16-37)44-33-34-46-45-19-9-12-22-49(45)51(50(46)35-44)47-20-10-7-17-40(47)23-24-41-18-8-11-21-48(41)51/h1-35H. The van der Waals surface area contributed by atoms with E-state index in [9.17, 15) is 0 Å². The molecule has 0 aromatic heterocycles. The quantitative estimate of drug-likeness (QED) is 0.177. The highest BCUT2D eigenvalue weighted by Gasteiger charge is 2.48. The van der Waals surface area contributed by atoms with Gasteiger partial charge in [0.25, 0.3) is 0 Å². The molecule has 0 aliphatic heterocycles. The van der Waals surface area contributed by atoms with Crippen LogP contribution in [0.5, 0.6) is 0 Å². The van der Waals surface area contributed by atoms with Gasteiger partial charge in [-0.25, -0.2) is 0 Å². The molecule has 0 bridgehead atoms. The van der Waals surface area contributed by atoms with Crippen molar-refractivity contribution in [2.24, 2.45) is 0 Å². The van der Waals surface area contributed by atoms with Crippen LogP contribution in [0.1, 0.15) is 33.4 Å². The van der Waals surface area contributed by atoms with Crippen molar-refractivity contribution in [2.45, 2.75) is 5.41 Å². The Morgan fingerprint density at radius 3 is 1.23 bits per heavy atom. The Bertz CT molecular complexity index is 2470. The summed E-state index contributed by atoms with van der Waals surface area (Å²) in [6.07, 6.45) is 4.59. The minimum Gasteiger partial charge on any atom is -0.310 e. The molecule has 8 aromatic rings. The second kappa shape index (κ2) is 12.3. The zero-order valence-electron chi connectivity index (χ0n) is 28.7. The van der Waals surface area contributed by atoms with E-state index in [0.29, 0.717) is 0 Å². The van der Waals surface area contributed by atoms with Crippen LogP contribution >= 0.6 is 0 Å². The third-order valence-corrected chi connectivity index (χ3v) is 10.9. The van der Waals surface area contributed by atoms with E-state index < -0.39 is 5.41 Å².